The number of nitrogens with one attached hydrogen (secondary N) is 1. The molecular formula is C18H22ClN3OS. The fourth-order valence-electron chi connectivity index (χ4n) is 2.63. The predicted molar refractivity (Wildman–Crippen MR) is 99.9 cm³/mol. The first-order valence-corrected chi connectivity index (χ1v) is 9.38. The minimum atomic E-state index is -0.0405. The van der Waals surface area contributed by atoms with Gasteiger partial charge in [0.15, 0.2) is 0 Å². The monoisotopic (exact) mass is 363 g/mol. The van der Waals surface area contributed by atoms with Crippen LogP contribution in [0.2, 0.25) is 5.02 Å². The van der Waals surface area contributed by atoms with Crippen LogP contribution < -0.4 is 5.32 Å². The van der Waals surface area contributed by atoms with Crippen molar-refractivity contribution in [2.75, 3.05) is 13.6 Å². The molecule has 24 heavy (non-hydrogen) atoms. The van der Waals surface area contributed by atoms with Gasteiger partial charge in [0.05, 0.1) is 5.69 Å². The van der Waals surface area contributed by atoms with Gasteiger partial charge in [-0.15, -0.1) is 11.3 Å². The summed E-state index contributed by atoms with van der Waals surface area (Å²) in [5, 5.41) is 4.58. The standard InChI is InChI=1S/C18H22ClN3OS/c1-11(22(3)15-8-9-15)10-20-17(23)16-12(2)21-18(24-16)13-4-6-14(19)7-5-13/h4-7,11,15H,8-10H2,1-3H3,(H,20,23). The summed E-state index contributed by atoms with van der Waals surface area (Å²) in [4.78, 5) is 20.1. The predicted octanol–water partition coefficient (Wildman–Crippen LogP) is 3.98. The Bertz CT molecular complexity index is 724. The molecule has 2 aromatic rings. The van der Waals surface area contributed by atoms with E-state index in [4.69, 9.17) is 11.6 Å². The van der Waals surface area contributed by atoms with Gasteiger partial charge in [0.25, 0.3) is 5.91 Å². The maximum atomic E-state index is 12.5. The summed E-state index contributed by atoms with van der Waals surface area (Å²) in [5.41, 5.74) is 1.75. The number of hydrogen-bond acceptors (Lipinski definition) is 4. The second kappa shape index (κ2) is 7.21. The molecule has 1 aliphatic rings. The van der Waals surface area contributed by atoms with Crippen LogP contribution in [-0.2, 0) is 0 Å². The topological polar surface area (TPSA) is 45.2 Å². The molecule has 1 aromatic carbocycles. The number of carbonyl (C=O) groups excluding carboxylic acids is 1. The number of halogens is 1. The summed E-state index contributed by atoms with van der Waals surface area (Å²) in [6.07, 6.45) is 2.54. The molecule has 1 heterocycles. The zero-order valence-electron chi connectivity index (χ0n) is 14.2. The van der Waals surface area contributed by atoms with E-state index in [0.29, 0.717) is 28.5 Å². The number of amides is 1. The van der Waals surface area contributed by atoms with E-state index in [1.807, 2.05) is 31.2 Å². The highest BCUT2D eigenvalue weighted by molar-refractivity contribution is 7.17. The summed E-state index contributed by atoms with van der Waals surface area (Å²) >= 11 is 7.35. The highest BCUT2D eigenvalue weighted by atomic mass is 35.5. The van der Waals surface area contributed by atoms with E-state index in [1.165, 1.54) is 24.2 Å². The van der Waals surface area contributed by atoms with Crippen molar-refractivity contribution in [3.8, 4) is 10.6 Å². The zero-order valence-corrected chi connectivity index (χ0v) is 15.7. The van der Waals surface area contributed by atoms with E-state index in [1.54, 1.807) is 0 Å². The minimum absolute atomic E-state index is 0.0405. The van der Waals surface area contributed by atoms with Crippen LogP contribution in [0.5, 0.6) is 0 Å². The third-order valence-corrected chi connectivity index (χ3v) is 5.93. The summed E-state index contributed by atoms with van der Waals surface area (Å²) < 4.78 is 0. The maximum absolute atomic E-state index is 12.5. The Balaban J connectivity index is 1.65. The van der Waals surface area contributed by atoms with Crippen molar-refractivity contribution in [2.24, 2.45) is 0 Å². The molecule has 0 bridgehead atoms. The van der Waals surface area contributed by atoms with Gasteiger partial charge in [0.2, 0.25) is 0 Å². The third kappa shape index (κ3) is 3.97. The number of rotatable bonds is 6. The molecule has 1 aliphatic carbocycles. The number of nitrogens with zero attached hydrogens (tertiary/aromatic N) is 2. The van der Waals surface area contributed by atoms with Gasteiger partial charge in [0.1, 0.15) is 9.88 Å². The lowest BCUT2D eigenvalue weighted by molar-refractivity contribution is 0.0943. The minimum Gasteiger partial charge on any atom is -0.350 e. The van der Waals surface area contributed by atoms with Gasteiger partial charge >= 0.3 is 0 Å². The molecule has 1 saturated carbocycles. The van der Waals surface area contributed by atoms with Crippen molar-refractivity contribution in [2.45, 2.75) is 38.8 Å². The van der Waals surface area contributed by atoms with Gasteiger partial charge < -0.3 is 5.32 Å². The zero-order chi connectivity index (χ0) is 17.3. The van der Waals surface area contributed by atoms with Gasteiger partial charge in [-0.3, -0.25) is 9.69 Å². The SMILES string of the molecule is Cc1nc(-c2ccc(Cl)cc2)sc1C(=O)NCC(C)N(C)C1CC1. The Morgan fingerprint density at radius 2 is 2.08 bits per heavy atom. The number of likely N-dealkylation sites (N-methyl/N-ethyl adjacent to an activating group) is 1. The molecule has 3 rings (SSSR count). The van der Waals surface area contributed by atoms with Crippen LogP contribution in [0.25, 0.3) is 10.6 Å². The van der Waals surface area contributed by atoms with Crippen molar-refractivity contribution in [3.63, 3.8) is 0 Å². The fraction of sp³-hybridized carbons (Fsp3) is 0.444. The van der Waals surface area contributed by atoms with Gasteiger partial charge in [-0.2, -0.15) is 0 Å². The largest absolute Gasteiger partial charge is 0.350 e. The molecule has 0 spiro atoms. The molecule has 1 fully saturated rings. The third-order valence-electron chi connectivity index (χ3n) is 4.47. The average molecular weight is 364 g/mol. The Kier molecular flexibility index (Phi) is 5.23. The Hall–Kier alpha value is -1.43. The van der Waals surface area contributed by atoms with Gasteiger partial charge in [-0.25, -0.2) is 4.98 Å². The molecule has 1 amide bonds. The highest BCUT2D eigenvalue weighted by Crippen LogP contribution is 2.29. The number of carbonyl (C=O) groups is 1. The number of benzene rings is 1. The number of thiazole rings is 1. The van der Waals surface area contributed by atoms with Crippen LogP contribution >= 0.6 is 22.9 Å². The van der Waals surface area contributed by atoms with Crippen molar-refractivity contribution >= 4 is 28.8 Å². The lowest BCUT2D eigenvalue weighted by Crippen LogP contribution is -2.41. The van der Waals surface area contributed by atoms with E-state index >= 15 is 0 Å². The molecule has 128 valence electrons. The van der Waals surface area contributed by atoms with E-state index in [9.17, 15) is 4.79 Å². The van der Waals surface area contributed by atoms with Crippen molar-refractivity contribution in [1.82, 2.24) is 15.2 Å². The quantitative estimate of drug-likeness (QED) is 0.844. The molecular weight excluding hydrogens is 342 g/mol. The molecule has 1 aromatic heterocycles. The second-order valence-corrected chi connectivity index (χ2v) is 7.83. The average Bonchev–Trinajstić information content (AvgIpc) is 3.34. The van der Waals surface area contributed by atoms with E-state index in [-0.39, 0.29) is 5.91 Å². The highest BCUT2D eigenvalue weighted by Gasteiger charge is 2.29. The van der Waals surface area contributed by atoms with Crippen molar-refractivity contribution in [1.29, 1.82) is 0 Å². The van der Waals surface area contributed by atoms with E-state index < -0.39 is 0 Å². The summed E-state index contributed by atoms with van der Waals surface area (Å²) in [6.45, 7) is 4.68. The van der Waals surface area contributed by atoms with E-state index in [2.05, 4.69) is 29.2 Å². The first-order valence-electron chi connectivity index (χ1n) is 8.19. The van der Waals surface area contributed by atoms with Crippen molar-refractivity contribution < 1.29 is 4.79 Å². The molecule has 0 saturated heterocycles. The molecule has 1 N–H and O–H groups in total. The number of aryl methyl sites for hydroxylation is 1. The number of hydrogen-bond donors (Lipinski definition) is 1. The Labute approximate surface area is 151 Å². The van der Waals surface area contributed by atoms with Crippen LogP contribution in [0, 0.1) is 6.92 Å². The summed E-state index contributed by atoms with van der Waals surface area (Å²) in [7, 11) is 2.13. The van der Waals surface area contributed by atoms with Crippen LogP contribution in [0.3, 0.4) is 0 Å². The molecule has 6 heteroatoms. The van der Waals surface area contributed by atoms with Gasteiger partial charge in [0, 0.05) is 29.2 Å². The Morgan fingerprint density at radius 3 is 2.71 bits per heavy atom. The van der Waals surface area contributed by atoms with Crippen LogP contribution in [0.4, 0.5) is 0 Å². The molecule has 4 nitrogen and oxygen atoms in total. The lowest BCUT2D eigenvalue weighted by Gasteiger charge is -2.24. The molecule has 1 atom stereocenters. The lowest BCUT2D eigenvalue weighted by atomic mass is 10.2. The first kappa shape index (κ1) is 17.4. The Morgan fingerprint density at radius 1 is 1.42 bits per heavy atom. The molecule has 0 radical (unpaired) electrons. The van der Waals surface area contributed by atoms with Gasteiger partial charge in [-0.1, -0.05) is 23.7 Å². The normalized spacial score (nSPS) is 15.5. The molecule has 1 unspecified atom stereocenters. The molecule has 0 aliphatic heterocycles. The van der Waals surface area contributed by atoms with Crippen LogP contribution in [0.1, 0.15) is 35.1 Å². The second-order valence-electron chi connectivity index (χ2n) is 6.40. The summed E-state index contributed by atoms with van der Waals surface area (Å²) in [6, 6.07) is 8.55. The van der Waals surface area contributed by atoms with Crippen LogP contribution in [-0.4, -0.2) is 41.5 Å². The fourth-order valence-corrected chi connectivity index (χ4v) is 3.74. The maximum Gasteiger partial charge on any atom is 0.263 e. The van der Waals surface area contributed by atoms with E-state index in [0.717, 1.165) is 16.3 Å². The number of aromatic nitrogens is 1. The first-order chi connectivity index (χ1) is 11.5. The smallest absolute Gasteiger partial charge is 0.263 e. The van der Waals surface area contributed by atoms with Crippen LogP contribution in [0.15, 0.2) is 24.3 Å². The van der Waals surface area contributed by atoms with Gasteiger partial charge in [-0.05, 0) is 45.9 Å². The summed E-state index contributed by atoms with van der Waals surface area (Å²) in [5.74, 6) is -0.0405. The van der Waals surface area contributed by atoms with Crippen molar-refractivity contribution in [3.05, 3.63) is 39.9 Å².